The van der Waals surface area contributed by atoms with Gasteiger partial charge in [0.15, 0.2) is 0 Å². The van der Waals surface area contributed by atoms with Gasteiger partial charge in [-0.25, -0.2) is 0 Å². The van der Waals surface area contributed by atoms with Crippen LogP contribution in [-0.2, 0) is 9.47 Å². The van der Waals surface area contributed by atoms with Crippen molar-refractivity contribution in [3.63, 3.8) is 0 Å². The molecule has 2 heteroatoms. The molecule has 0 aromatic rings. The first-order valence-corrected chi connectivity index (χ1v) is 4.89. The molecule has 0 aliphatic carbocycles. The van der Waals surface area contributed by atoms with Crippen LogP contribution in [0.25, 0.3) is 0 Å². The van der Waals surface area contributed by atoms with Crippen LogP contribution in [0.4, 0.5) is 0 Å². The second-order valence-electron chi connectivity index (χ2n) is 4.55. The van der Waals surface area contributed by atoms with E-state index in [1.807, 2.05) is 48.5 Å². The standard InChI is InChI=1S/C6H14O.C5H12O/c1-5(2)7-6(3)4;1-5(2,3)6-4/h5-6H,1-4H3;1-4H3. The quantitative estimate of drug-likeness (QED) is 0.665. The summed E-state index contributed by atoms with van der Waals surface area (Å²) in [5.41, 5.74) is 0.0417. The lowest BCUT2D eigenvalue weighted by Gasteiger charge is -2.14. The molecule has 0 rings (SSSR count). The Hall–Kier alpha value is -0.0800. The first kappa shape index (κ1) is 15.4. The van der Waals surface area contributed by atoms with E-state index in [0.29, 0.717) is 12.2 Å². The molecule has 2 nitrogen and oxygen atoms in total. The maximum atomic E-state index is 5.25. The minimum absolute atomic E-state index is 0.0417. The minimum atomic E-state index is 0.0417. The number of hydrogen-bond acceptors (Lipinski definition) is 2. The second-order valence-corrected chi connectivity index (χ2v) is 4.55. The van der Waals surface area contributed by atoms with Crippen molar-refractivity contribution in [1.29, 1.82) is 0 Å². The molecule has 0 N–H and O–H groups in total. The fourth-order valence-corrected chi connectivity index (χ4v) is 0.544. The summed E-state index contributed by atoms with van der Waals surface area (Å²) in [6.45, 7) is 14.2. The van der Waals surface area contributed by atoms with E-state index in [9.17, 15) is 0 Å². The van der Waals surface area contributed by atoms with E-state index in [1.54, 1.807) is 7.11 Å². The maximum absolute atomic E-state index is 5.25. The van der Waals surface area contributed by atoms with Crippen LogP contribution in [0.3, 0.4) is 0 Å². The van der Waals surface area contributed by atoms with Gasteiger partial charge in [-0.1, -0.05) is 0 Å². The molecule has 0 spiro atoms. The van der Waals surface area contributed by atoms with E-state index in [1.165, 1.54) is 0 Å². The van der Waals surface area contributed by atoms with Crippen molar-refractivity contribution >= 4 is 0 Å². The minimum Gasteiger partial charge on any atom is -0.379 e. The smallest absolute Gasteiger partial charge is 0.0594 e. The average molecular weight is 190 g/mol. The molecule has 0 atom stereocenters. The van der Waals surface area contributed by atoms with Crippen LogP contribution in [-0.4, -0.2) is 24.9 Å². The third kappa shape index (κ3) is 24.5. The summed E-state index contributed by atoms with van der Waals surface area (Å²) in [7, 11) is 1.71. The number of rotatable bonds is 2. The first-order chi connectivity index (χ1) is 5.69. The van der Waals surface area contributed by atoms with Gasteiger partial charge in [-0.15, -0.1) is 0 Å². The van der Waals surface area contributed by atoms with Crippen LogP contribution in [0.15, 0.2) is 0 Å². The molecule has 0 unspecified atom stereocenters. The average Bonchev–Trinajstić information content (AvgIpc) is 1.84. The Morgan fingerprint density at radius 2 is 1.08 bits per heavy atom. The van der Waals surface area contributed by atoms with Gasteiger partial charge in [0.2, 0.25) is 0 Å². The molecule has 0 bridgehead atoms. The lowest BCUT2D eigenvalue weighted by atomic mass is 10.2. The van der Waals surface area contributed by atoms with Gasteiger partial charge in [0, 0.05) is 7.11 Å². The van der Waals surface area contributed by atoms with Crippen molar-refractivity contribution in [1.82, 2.24) is 0 Å². The van der Waals surface area contributed by atoms with E-state index in [0.717, 1.165) is 0 Å². The zero-order valence-corrected chi connectivity index (χ0v) is 10.5. The Kier molecular flexibility index (Phi) is 8.69. The van der Waals surface area contributed by atoms with Crippen molar-refractivity contribution < 1.29 is 9.47 Å². The van der Waals surface area contributed by atoms with E-state index in [-0.39, 0.29) is 5.60 Å². The SMILES string of the molecule is CC(C)OC(C)C.COC(C)(C)C. The zero-order chi connectivity index (χ0) is 11.1. The summed E-state index contributed by atoms with van der Waals surface area (Å²) in [6, 6.07) is 0. The van der Waals surface area contributed by atoms with Crippen LogP contribution in [0.2, 0.25) is 0 Å². The lowest BCUT2D eigenvalue weighted by molar-refractivity contribution is 0.0300. The second kappa shape index (κ2) is 7.34. The van der Waals surface area contributed by atoms with E-state index < -0.39 is 0 Å². The van der Waals surface area contributed by atoms with E-state index in [2.05, 4.69) is 0 Å². The molecule has 13 heavy (non-hydrogen) atoms. The van der Waals surface area contributed by atoms with Crippen molar-refractivity contribution in [2.75, 3.05) is 7.11 Å². The first-order valence-electron chi connectivity index (χ1n) is 4.89. The lowest BCUT2D eigenvalue weighted by Crippen LogP contribution is -2.15. The van der Waals surface area contributed by atoms with E-state index in [4.69, 9.17) is 9.47 Å². The molecule has 0 aromatic carbocycles. The predicted molar refractivity (Wildman–Crippen MR) is 58.1 cm³/mol. The summed E-state index contributed by atoms with van der Waals surface area (Å²) in [5.74, 6) is 0. The van der Waals surface area contributed by atoms with Crippen molar-refractivity contribution in [3.8, 4) is 0 Å². The molecule has 82 valence electrons. The summed E-state index contributed by atoms with van der Waals surface area (Å²) < 4.78 is 10.2. The summed E-state index contributed by atoms with van der Waals surface area (Å²) in [6.07, 6.45) is 0.750. The van der Waals surface area contributed by atoms with Crippen LogP contribution in [0.1, 0.15) is 48.5 Å². The molecule has 0 saturated carbocycles. The Labute approximate surface area is 83.6 Å². The van der Waals surface area contributed by atoms with E-state index >= 15 is 0 Å². The highest BCUT2D eigenvalue weighted by Gasteiger charge is 2.04. The molecule has 0 fully saturated rings. The molecular weight excluding hydrogens is 164 g/mol. The Bertz CT molecular complexity index is 95.1. The maximum Gasteiger partial charge on any atom is 0.0594 e. The third-order valence-corrected chi connectivity index (χ3v) is 1.16. The van der Waals surface area contributed by atoms with Gasteiger partial charge in [0.1, 0.15) is 0 Å². The highest BCUT2D eigenvalue weighted by molar-refractivity contribution is 4.55. The van der Waals surface area contributed by atoms with Gasteiger partial charge >= 0.3 is 0 Å². The van der Waals surface area contributed by atoms with Gasteiger partial charge in [-0.2, -0.15) is 0 Å². The molecular formula is C11H26O2. The molecule has 0 aromatic heterocycles. The van der Waals surface area contributed by atoms with Crippen LogP contribution in [0, 0.1) is 0 Å². The molecule has 0 aliphatic rings. The third-order valence-electron chi connectivity index (χ3n) is 1.16. The molecule has 0 heterocycles. The van der Waals surface area contributed by atoms with Crippen molar-refractivity contribution in [2.45, 2.75) is 66.3 Å². The summed E-state index contributed by atoms with van der Waals surface area (Å²) in [5, 5.41) is 0. The Balaban J connectivity index is 0. The summed E-state index contributed by atoms with van der Waals surface area (Å²) >= 11 is 0. The molecule has 0 aliphatic heterocycles. The fraction of sp³-hybridized carbons (Fsp3) is 1.00. The highest BCUT2D eigenvalue weighted by Crippen LogP contribution is 2.02. The predicted octanol–water partition coefficient (Wildman–Crippen LogP) is 3.25. The normalized spacial score (nSPS) is 11.5. The van der Waals surface area contributed by atoms with Gasteiger partial charge in [-0.3, -0.25) is 0 Å². The topological polar surface area (TPSA) is 18.5 Å². The largest absolute Gasteiger partial charge is 0.379 e. The van der Waals surface area contributed by atoms with Crippen molar-refractivity contribution in [2.24, 2.45) is 0 Å². The van der Waals surface area contributed by atoms with Crippen LogP contribution >= 0.6 is 0 Å². The molecule has 0 saturated heterocycles. The summed E-state index contributed by atoms with van der Waals surface area (Å²) in [4.78, 5) is 0. The highest BCUT2D eigenvalue weighted by atomic mass is 16.5. The zero-order valence-electron chi connectivity index (χ0n) is 10.5. The van der Waals surface area contributed by atoms with Crippen molar-refractivity contribution in [3.05, 3.63) is 0 Å². The number of ether oxygens (including phenoxy) is 2. The molecule has 0 radical (unpaired) electrons. The number of hydrogen-bond donors (Lipinski definition) is 0. The Morgan fingerprint density at radius 1 is 0.846 bits per heavy atom. The van der Waals surface area contributed by atoms with Crippen LogP contribution in [0.5, 0.6) is 0 Å². The fourth-order valence-electron chi connectivity index (χ4n) is 0.544. The monoisotopic (exact) mass is 190 g/mol. The van der Waals surface area contributed by atoms with Gasteiger partial charge in [0.25, 0.3) is 0 Å². The van der Waals surface area contributed by atoms with Gasteiger partial charge in [-0.05, 0) is 48.5 Å². The Morgan fingerprint density at radius 3 is 1.08 bits per heavy atom. The number of methoxy groups -OCH3 is 1. The van der Waals surface area contributed by atoms with Gasteiger partial charge in [0.05, 0.1) is 17.8 Å². The molecule has 0 amide bonds. The van der Waals surface area contributed by atoms with Gasteiger partial charge < -0.3 is 9.47 Å². The van der Waals surface area contributed by atoms with Crippen LogP contribution < -0.4 is 0 Å².